The lowest BCUT2D eigenvalue weighted by molar-refractivity contribution is 0.0599. The molecule has 2 aromatic carbocycles. The number of esters is 1. The fourth-order valence-electron chi connectivity index (χ4n) is 2.55. The summed E-state index contributed by atoms with van der Waals surface area (Å²) in [6.45, 7) is 1.80. The number of nitrogens with zero attached hydrogens (tertiary/aromatic N) is 1. The van der Waals surface area contributed by atoms with Crippen LogP contribution in [0.3, 0.4) is 0 Å². The fourth-order valence-corrected chi connectivity index (χ4v) is 3.91. The molecule has 0 fully saturated rings. The van der Waals surface area contributed by atoms with Gasteiger partial charge in [-0.3, -0.25) is 4.79 Å². The van der Waals surface area contributed by atoms with Gasteiger partial charge < -0.3 is 4.74 Å². The van der Waals surface area contributed by atoms with Crippen LogP contribution in [0.1, 0.15) is 15.9 Å². The summed E-state index contributed by atoms with van der Waals surface area (Å²) >= 11 is 0. The predicted octanol–water partition coefficient (Wildman–Crippen LogP) is 2.47. The molecule has 6 nitrogen and oxygen atoms in total. The van der Waals surface area contributed by atoms with Crippen molar-refractivity contribution in [1.29, 1.82) is 0 Å². The maximum absolute atomic E-state index is 13.7. The Morgan fingerprint density at radius 3 is 2.38 bits per heavy atom. The Bertz CT molecular complexity index is 1180. The van der Waals surface area contributed by atoms with Gasteiger partial charge in [0.2, 0.25) is 5.43 Å². The van der Waals surface area contributed by atoms with E-state index in [4.69, 9.17) is 0 Å². The second-order valence-electron chi connectivity index (χ2n) is 5.64. The molecule has 0 aliphatic carbocycles. The second-order valence-corrected chi connectivity index (χ2v) is 7.45. The van der Waals surface area contributed by atoms with Crippen LogP contribution < -0.4 is 5.43 Å². The van der Waals surface area contributed by atoms with E-state index in [1.54, 1.807) is 19.1 Å². The number of rotatable bonds is 3. The summed E-state index contributed by atoms with van der Waals surface area (Å²) in [6.07, 6.45) is 0.866. The summed E-state index contributed by atoms with van der Waals surface area (Å²) in [5, 5.41) is -0.106. The minimum Gasteiger partial charge on any atom is -0.465 e. The van der Waals surface area contributed by atoms with Gasteiger partial charge in [-0.2, -0.15) is 0 Å². The largest absolute Gasteiger partial charge is 0.465 e. The van der Waals surface area contributed by atoms with Crippen LogP contribution in [-0.4, -0.2) is 25.5 Å². The third-order valence-corrected chi connectivity index (χ3v) is 5.60. The van der Waals surface area contributed by atoms with Crippen LogP contribution >= 0.6 is 0 Å². The number of benzene rings is 2. The molecule has 0 atom stereocenters. The number of carbonyl (C=O) groups is 1. The molecular formula is C18H14FNO5S. The number of hydrogen-bond donors (Lipinski definition) is 0. The average Bonchev–Trinajstić information content (AvgIpc) is 2.61. The molecule has 0 N–H and O–H groups in total. The third kappa shape index (κ3) is 2.88. The molecule has 1 aromatic heterocycles. The third-order valence-electron chi connectivity index (χ3n) is 3.92. The number of fused-ring (bicyclic) bond motifs is 1. The van der Waals surface area contributed by atoms with Crippen molar-refractivity contribution in [2.75, 3.05) is 7.11 Å². The zero-order chi connectivity index (χ0) is 19.1. The van der Waals surface area contributed by atoms with Crippen LogP contribution in [0.2, 0.25) is 0 Å². The van der Waals surface area contributed by atoms with Crippen molar-refractivity contribution in [1.82, 2.24) is 3.97 Å². The van der Waals surface area contributed by atoms with E-state index in [0.29, 0.717) is 0 Å². The lowest BCUT2D eigenvalue weighted by Gasteiger charge is -2.14. The van der Waals surface area contributed by atoms with E-state index in [1.807, 2.05) is 0 Å². The lowest BCUT2D eigenvalue weighted by atomic mass is 10.1. The fraction of sp³-hybridized carbons (Fsp3) is 0.111. The Hall–Kier alpha value is -3.00. The Kier molecular flexibility index (Phi) is 4.37. The van der Waals surface area contributed by atoms with E-state index in [9.17, 15) is 22.4 Å². The maximum atomic E-state index is 13.7. The summed E-state index contributed by atoms with van der Waals surface area (Å²) < 4.78 is 45.1. The summed E-state index contributed by atoms with van der Waals surface area (Å²) in [7, 11) is -3.10. The van der Waals surface area contributed by atoms with Crippen molar-refractivity contribution in [2.24, 2.45) is 0 Å². The highest BCUT2D eigenvalue weighted by Crippen LogP contribution is 2.21. The van der Waals surface area contributed by atoms with Gasteiger partial charge in [-0.15, -0.1) is 0 Å². The topological polar surface area (TPSA) is 82.4 Å². The number of carbonyl (C=O) groups excluding carboxylic acids is 1. The molecule has 0 unspecified atom stereocenters. The molecule has 0 aliphatic heterocycles. The molecule has 0 saturated heterocycles. The predicted molar refractivity (Wildman–Crippen MR) is 93.3 cm³/mol. The molecule has 3 rings (SSSR count). The average molecular weight is 375 g/mol. The smallest absolute Gasteiger partial charge is 0.343 e. The first-order valence-corrected chi connectivity index (χ1v) is 8.95. The van der Waals surface area contributed by atoms with E-state index in [-0.39, 0.29) is 15.8 Å². The van der Waals surface area contributed by atoms with Crippen LogP contribution in [-0.2, 0) is 14.8 Å². The molecule has 3 aromatic rings. The first-order chi connectivity index (χ1) is 12.3. The zero-order valence-electron chi connectivity index (χ0n) is 13.9. The minimum absolute atomic E-state index is 0.0619. The zero-order valence-corrected chi connectivity index (χ0v) is 14.7. The van der Waals surface area contributed by atoms with Crippen molar-refractivity contribution in [2.45, 2.75) is 11.8 Å². The number of aromatic nitrogens is 1. The second kappa shape index (κ2) is 6.38. The lowest BCUT2D eigenvalue weighted by Crippen LogP contribution is -2.23. The van der Waals surface area contributed by atoms with Crippen molar-refractivity contribution in [3.8, 4) is 0 Å². The molecule has 0 amide bonds. The maximum Gasteiger partial charge on any atom is 0.343 e. The van der Waals surface area contributed by atoms with Gasteiger partial charge in [0.1, 0.15) is 11.4 Å². The summed E-state index contributed by atoms with van der Waals surface area (Å²) in [4.78, 5) is 24.3. The molecule has 134 valence electrons. The summed E-state index contributed by atoms with van der Waals surface area (Å²) in [6, 6.07) is 9.11. The first kappa shape index (κ1) is 17.8. The van der Waals surface area contributed by atoms with E-state index in [0.717, 1.165) is 41.0 Å². The van der Waals surface area contributed by atoms with Gasteiger partial charge in [0.15, 0.2) is 0 Å². The number of aryl methyl sites for hydroxylation is 1. The van der Waals surface area contributed by atoms with Crippen molar-refractivity contribution < 1.29 is 22.3 Å². The number of halogens is 1. The SMILES string of the molecule is COC(=O)c1cn(S(=O)(=O)c2ccc(C)cc2)c2cc(F)ccc2c1=O. The van der Waals surface area contributed by atoms with Crippen LogP contribution in [0.25, 0.3) is 10.9 Å². The Morgan fingerprint density at radius 1 is 1.12 bits per heavy atom. The molecule has 0 saturated carbocycles. The van der Waals surface area contributed by atoms with Gasteiger partial charge in [0, 0.05) is 11.6 Å². The van der Waals surface area contributed by atoms with Crippen LogP contribution in [0.4, 0.5) is 4.39 Å². The molecular weight excluding hydrogens is 361 g/mol. The molecule has 26 heavy (non-hydrogen) atoms. The van der Waals surface area contributed by atoms with Gasteiger partial charge in [0.25, 0.3) is 10.0 Å². The highest BCUT2D eigenvalue weighted by atomic mass is 32.2. The van der Waals surface area contributed by atoms with Gasteiger partial charge in [0.05, 0.1) is 17.5 Å². The van der Waals surface area contributed by atoms with Gasteiger partial charge in [-0.25, -0.2) is 21.6 Å². The standard InChI is InChI=1S/C18H14FNO5S/c1-11-3-6-13(7-4-11)26(23,24)20-10-15(18(22)25-2)17(21)14-8-5-12(19)9-16(14)20/h3-10H,1-2H3. The van der Waals surface area contributed by atoms with Gasteiger partial charge in [-0.05, 0) is 37.3 Å². The molecule has 8 heteroatoms. The highest BCUT2D eigenvalue weighted by molar-refractivity contribution is 7.90. The monoisotopic (exact) mass is 375 g/mol. The van der Waals surface area contributed by atoms with E-state index >= 15 is 0 Å². The normalized spacial score (nSPS) is 11.5. The summed E-state index contributed by atoms with van der Waals surface area (Å²) in [5.41, 5.74) is -0.497. The number of pyridine rings is 1. The van der Waals surface area contributed by atoms with E-state index in [2.05, 4.69) is 4.74 Å². The van der Waals surface area contributed by atoms with Crippen LogP contribution in [0.15, 0.2) is 58.4 Å². The molecule has 0 radical (unpaired) electrons. The van der Waals surface area contributed by atoms with Crippen molar-refractivity contribution in [3.63, 3.8) is 0 Å². The van der Waals surface area contributed by atoms with Crippen LogP contribution in [0.5, 0.6) is 0 Å². The van der Waals surface area contributed by atoms with E-state index in [1.165, 1.54) is 12.1 Å². The van der Waals surface area contributed by atoms with Gasteiger partial charge >= 0.3 is 5.97 Å². The first-order valence-electron chi connectivity index (χ1n) is 7.51. The van der Waals surface area contributed by atoms with Crippen LogP contribution in [0, 0.1) is 12.7 Å². The molecule has 1 heterocycles. The van der Waals surface area contributed by atoms with Gasteiger partial charge in [-0.1, -0.05) is 17.7 Å². The van der Waals surface area contributed by atoms with Crippen molar-refractivity contribution in [3.05, 3.63) is 75.8 Å². The molecule has 0 aliphatic rings. The Morgan fingerprint density at radius 2 is 1.77 bits per heavy atom. The number of ether oxygens (including phenoxy) is 1. The summed E-state index contributed by atoms with van der Waals surface area (Å²) in [5.74, 6) is -1.69. The molecule has 0 spiro atoms. The number of hydrogen-bond acceptors (Lipinski definition) is 5. The molecule has 0 bridgehead atoms. The quantitative estimate of drug-likeness (QED) is 0.657. The Labute approximate surface area is 148 Å². The van der Waals surface area contributed by atoms with E-state index < -0.39 is 32.8 Å². The number of methoxy groups -OCH3 is 1. The Balaban J connectivity index is 2.42. The van der Waals surface area contributed by atoms with Crippen molar-refractivity contribution >= 4 is 26.9 Å². The highest BCUT2D eigenvalue weighted by Gasteiger charge is 2.23. The minimum atomic E-state index is -4.18.